The predicted molar refractivity (Wildman–Crippen MR) is 254 cm³/mol. The smallest absolute Gasteiger partial charge is 0.174 e. The highest BCUT2D eigenvalue weighted by Crippen LogP contribution is 2.52. The number of nitrogens with one attached hydrogen (secondary N) is 1. The van der Waals surface area contributed by atoms with Crippen molar-refractivity contribution in [3.05, 3.63) is 228 Å². The molecule has 5 nitrogen and oxygen atoms in total. The Morgan fingerprint density at radius 3 is 1.79 bits per heavy atom. The second-order valence-electron chi connectivity index (χ2n) is 17.1. The molecule has 0 fully saturated rings. The number of para-hydroxylation sites is 2. The molecule has 5 heteroatoms. The summed E-state index contributed by atoms with van der Waals surface area (Å²) in [6.07, 6.45) is -0.169. The van der Waals surface area contributed by atoms with E-state index in [0.29, 0.717) is 0 Å². The average Bonchev–Trinajstić information content (AvgIpc) is 3.65. The summed E-state index contributed by atoms with van der Waals surface area (Å²) in [7, 11) is 2.17. The number of nitriles is 1. The number of quaternary nitrogens is 1. The molecular formula is C57H46N5+. The quantitative estimate of drug-likeness (QED) is 0.176. The summed E-state index contributed by atoms with van der Waals surface area (Å²) in [5.74, 6) is 0. The van der Waals surface area contributed by atoms with Crippen LogP contribution in [0.5, 0.6) is 0 Å². The number of nitrogens with zero attached hydrogens (tertiary/aromatic N) is 3. The Hall–Kier alpha value is -7.49. The molecule has 3 N–H and O–H groups in total. The maximum atomic E-state index is 10.9. The zero-order valence-electron chi connectivity index (χ0n) is 35.0. The number of hydrogen-bond donors (Lipinski definition) is 2. The highest BCUT2D eigenvalue weighted by molar-refractivity contribution is 6.13. The fourth-order valence-electron chi connectivity index (χ4n) is 10.4. The Morgan fingerprint density at radius 1 is 0.581 bits per heavy atom. The topological polar surface area (TPSA) is 60.6 Å². The minimum Gasteiger partial charge on any atom is -0.355 e. The summed E-state index contributed by atoms with van der Waals surface area (Å²) in [6.45, 7) is 4.75. The maximum absolute atomic E-state index is 10.9. The van der Waals surface area contributed by atoms with Gasteiger partial charge in [0.1, 0.15) is 11.6 Å². The zero-order valence-corrected chi connectivity index (χ0v) is 35.0. The fraction of sp³-hybridized carbons (Fsp3) is 0.105. The van der Waals surface area contributed by atoms with E-state index in [-0.39, 0.29) is 17.6 Å². The normalized spacial score (nSPS) is 17.0. The van der Waals surface area contributed by atoms with E-state index in [9.17, 15) is 5.26 Å². The number of aromatic nitrogens is 1. The second kappa shape index (κ2) is 14.9. The molecule has 2 aliphatic heterocycles. The van der Waals surface area contributed by atoms with Gasteiger partial charge in [-0.3, -0.25) is 5.32 Å². The van der Waals surface area contributed by atoms with Crippen molar-refractivity contribution in [3.63, 3.8) is 0 Å². The van der Waals surface area contributed by atoms with Gasteiger partial charge < -0.3 is 9.88 Å². The van der Waals surface area contributed by atoms with E-state index in [2.05, 4.69) is 229 Å². The maximum Gasteiger partial charge on any atom is 0.174 e. The minimum absolute atomic E-state index is 0.169. The van der Waals surface area contributed by atoms with Gasteiger partial charge in [0.2, 0.25) is 0 Å². The van der Waals surface area contributed by atoms with Gasteiger partial charge in [-0.25, -0.2) is 4.90 Å². The van der Waals surface area contributed by atoms with Gasteiger partial charge in [-0.15, -0.1) is 0 Å². The first kappa shape index (κ1) is 37.5. The number of nitrogens with two attached hydrogens (primary N) is 1. The van der Waals surface area contributed by atoms with Crippen LogP contribution in [0.2, 0.25) is 0 Å². The van der Waals surface area contributed by atoms with Crippen LogP contribution in [-0.2, 0) is 5.41 Å². The SMILES string of the molecule is CN1C(c2cc(-c3ccccc3)c(-n3c4ccccc4c4ccc5c(c43)C(C)(C)c3ccccc3N5)c(-c3ccccc3)c2)[NH2+]C(c2ccccc2)=C(C#N)C1c1ccccc1. The van der Waals surface area contributed by atoms with Gasteiger partial charge in [0, 0.05) is 55.4 Å². The molecule has 298 valence electrons. The lowest BCUT2D eigenvalue weighted by molar-refractivity contribution is -0.641. The summed E-state index contributed by atoms with van der Waals surface area (Å²) in [5, 5.41) is 19.6. The van der Waals surface area contributed by atoms with Crippen LogP contribution in [0.1, 0.15) is 53.9 Å². The van der Waals surface area contributed by atoms with Crippen molar-refractivity contribution in [1.29, 1.82) is 5.26 Å². The molecule has 3 heterocycles. The molecular weight excluding hydrogens is 755 g/mol. The van der Waals surface area contributed by atoms with E-state index in [0.717, 1.165) is 72.8 Å². The number of anilines is 2. The molecule has 0 aliphatic carbocycles. The zero-order chi connectivity index (χ0) is 42.0. The lowest BCUT2D eigenvalue weighted by Gasteiger charge is -2.39. The van der Waals surface area contributed by atoms with Crippen LogP contribution in [0.4, 0.5) is 11.4 Å². The van der Waals surface area contributed by atoms with E-state index in [1.807, 2.05) is 12.1 Å². The Morgan fingerprint density at radius 2 is 1.15 bits per heavy atom. The monoisotopic (exact) mass is 800 g/mol. The number of benzene rings is 8. The van der Waals surface area contributed by atoms with E-state index >= 15 is 0 Å². The van der Waals surface area contributed by atoms with Crippen LogP contribution in [0, 0.1) is 11.3 Å². The third-order valence-corrected chi connectivity index (χ3v) is 13.3. The van der Waals surface area contributed by atoms with Gasteiger partial charge in [0.05, 0.1) is 22.8 Å². The number of hydrogen-bond acceptors (Lipinski definition) is 3. The van der Waals surface area contributed by atoms with Crippen molar-refractivity contribution < 1.29 is 5.32 Å². The second-order valence-corrected chi connectivity index (χ2v) is 17.1. The molecule has 0 bridgehead atoms. The first-order valence-corrected chi connectivity index (χ1v) is 21.5. The third-order valence-electron chi connectivity index (χ3n) is 13.3. The van der Waals surface area contributed by atoms with Crippen molar-refractivity contribution in [3.8, 4) is 34.0 Å². The van der Waals surface area contributed by atoms with Crippen LogP contribution < -0.4 is 10.6 Å². The minimum atomic E-state index is -0.312. The van der Waals surface area contributed by atoms with E-state index in [4.69, 9.17) is 0 Å². The largest absolute Gasteiger partial charge is 0.355 e. The molecule has 0 amide bonds. The molecule has 2 atom stereocenters. The molecule has 0 saturated carbocycles. The number of fused-ring (bicyclic) bond motifs is 6. The Labute approximate surface area is 362 Å². The molecule has 0 radical (unpaired) electrons. The highest BCUT2D eigenvalue weighted by atomic mass is 15.3. The van der Waals surface area contributed by atoms with Crippen LogP contribution in [-0.4, -0.2) is 16.5 Å². The molecule has 2 aliphatic rings. The lowest BCUT2D eigenvalue weighted by Crippen LogP contribution is -2.87. The summed E-state index contributed by atoms with van der Waals surface area (Å²) < 4.78 is 2.57. The van der Waals surface area contributed by atoms with Gasteiger partial charge in [-0.05, 0) is 71.8 Å². The molecule has 2 unspecified atom stereocenters. The van der Waals surface area contributed by atoms with Crippen molar-refractivity contribution in [2.75, 3.05) is 12.4 Å². The lowest BCUT2D eigenvalue weighted by atomic mass is 9.73. The molecule has 62 heavy (non-hydrogen) atoms. The van der Waals surface area contributed by atoms with Gasteiger partial charge >= 0.3 is 0 Å². The van der Waals surface area contributed by atoms with Crippen molar-refractivity contribution >= 4 is 38.9 Å². The number of rotatable bonds is 6. The molecule has 8 aromatic carbocycles. The van der Waals surface area contributed by atoms with Gasteiger partial charge in [-0.1, -0.05) is 166 Å². The van der Waals surface area contributed by atoms with Crippen LogP contribution >= 0.6 is 0 Å². The van der Waals surface area contributed by atoms with Crippen LogP contribution in [0.25, 0.3) is 55.4 Å². The van der Waals surface area contributed by atoms with E-state index < -0.39 is 0 Å². The molecule has 11 rings (SSSR count). The summed E-state index contributed by atoms with van der Waals surface area (Å²) in [6, 6.07) is 72.1. The Kier molecular flexibility index (Phi) is 9.01. The van der Waals surface area contributed by atoms with Gasteiger partial charge in [0.15, 0.2) is 11.9 Å². The third kappa shape index (κ3) is 5.91. The predicted octanol–water partition coefficient (Wildman–Crippen LogP) is 12.7. The highest BCUT2D eigenvalue weighted by Gasteiger charge is 2.41. The molecule has 1 aromatic heterocycles. The molecule has 0 spiro atoms. The standard InChI is InChI=1S/C57H45N5/c1-57(2)47-29-17-18-30-48(47)59-49-33-32-43-42-28-16-19-31-50(42)62(55(43)51(49)57)54-44(37-20-8-4-9-21-37)34-41(35-45(54)38-22-10-5-11-23-38)56-60-52(39-24-12-6-13-25-39)46(36-58)53(61(56)3)40-26-14-7-15-27-40/h4-35,53,56,59-60H,1-3H3/p+1. The number of likely N-dealkylation sites (N-methyl/N-ethyl adjacent to an activating group) is 1. The summed E-state index contributed by atoms with van der Waals surface area (Å²) in [5.41, 5.74) is 17.6. The Balaban J connectivity index is 1.24. The van der Waals surface area contributed by atoms with Crippen LogP contribution in [0.3, 0.4) is 0 Å². The van der Waals surface area contributed by atoms with Crippen molar-refractivity contribution in [2.24, 2.45) is 0 Å². The summed E-state index contributed by atoms with van der Waals surface area (Å²) >= 11 is 0. The van der Waals surface area contributed by atoms with Gasteiger partial charge in [-0.2, -0.15) is 5.26 Å². The van der Waals surface area contributed by atoms with Crippen molar-refractivity contribution in [2.45, 2.75) is 31.5 Å². The molecule has 9 aromatic rings. The fourth-order valence-corrected chi connectivity index (χ4v) is 10.4. The summed E-state index contributed by atoms with van der Waals surface area (Å²) in [4.78, 5) is 2.38. The first-order chi connectivity index (χ1) is 30.4. The average molecular weight is 801 g/mol. The van der Waals surface area contributed by atoms with Gasteiger partial charge in [0.25, 0.3) is 0 Å². The van der Waals surface area contributed by atoms with E-state index in [1.54, 1.807) is 0 Å². The molecule has 0 saturated heterocycles. The van der Waals surface area contributed by atoms with Crippen LogP contribution in [0.15, 0.2) is 200 Å². The Bertz CT molecular complexity index is 3170. The first-order valence-electron chi connectivity index (χ1n) is 21.5. The van der Waals surface area contributed by atoms with E-state index in [1.165, 1.54) is 27.4 Å². The van der Waals surface area contributed by atoms with Crippen molar-refractivity contribution in [1.82, 2.24) is 9.47 Å².